The maximum Gasteiger partial charge on any atom is 0.130 e. The van der Waals surface area contributed by atoms with Crippen LogP contribution < -0.4 is 4.74 Å². The number of hydrogen-bond acceptors (Lipinski definition) is 1. The SMILES string of the molecule is C=CCc1ccc[c]c1OC. The van der Waals surface area contributed by atoms with Crippen LogP contribution in [0.4, 0.5) is 0 Å². The second-order valence-corrected chi connectivity index (χ2v) is 2.22. The summed E-state index contributed by atoms with van der Waals surface area (Å²) in [5.41, 5.74) is 1.13. The van der Waals surface area contributed by atoms with E-state index < -0.39 is 0 Å². The van der Waals surface area contributed by atoms with Gasteiger partial charge in [-0.1, -0.05) is 24.3 Å². The average molecular weight is 147 g/mol. The summed E-state index contributed by atoms with van der Waals surface area (Å²) in [5.74, 6) is 0.812. The molecule has 0 N–H and O–H groups in total. The largest absolute Gasteiger partial charge is 0.496 e. The molecule has 1 aromatic rings. The molecule has 0 bridgehead atoms. The van der Waals surface area contributed by atoms with Gasteiger partial charge in [0.1, 0.15) is 5.75 Å². The number of ether oxygens (including phenoxy) is 1. The Morgan fingerprint density at radius 1 is 1.73 bits per heavy atom. The van der Waals surface area contributed by atoms with E-state index in [-0.39, 0.29) is 0 Å². The van der Waals surface area contributed by atoms with Crippen LogP contribution in [0.2, 0.25) is 0 Å². The van der Waals surface area contributed by atoms with E-state index in [4.69, 9.17) is 4.74 Å². The summed E-state index contributed by atoms with van der Waals surface area (Å²) >= 11 is 0. The first-order valence-electron chi connectivity index (χ1n) is 3.53. The van der Waals surface area contributed by atoms with E-state index >= 15 is 0 Å². The van der Waals surface area contributed by atoms with Crippen LogP contribution in [-0.4, -0.2) is 7.11 Å². The summed E-state index contributed by atoms with van der Waals surface area (Å²) in [5, 5.41) is 0. The van der Waals surface area contributed by atoms with Crippen molar-refractivity contribution in [2.45, 2.75) is 6.42 Å². The van der Waals surface area contributed by atoms with Gasteiger partial charge in [-0.3, -0.25) is 0 Å². The third-order valence-electron chi connectivity index (χ3n) is 1.47. The predicted octanol–water partition coefficient (Wildman–Crippen LogP) is 2.22. The van der Waals surface area contributed by atoms with Gasteiger partial charge in [0.15, 0.2) is 0 Å². The van der Waals surface area contributed by atoms with E-state index in [1.165, 1.54) is 0 Å². The second kappa shape index (κ2) is 3.81. The molecule has 0 saturated heterocycles. The van der Waals surface area contributed by atoms with Crippen LogP contribution in [0.15, 0.2) is 30.9 Å². The highest BCUT2D eigenvalue weighted by Gasteiger charge is 1.97. The molecule has 0 fully saturated rings. The lowest BCUT2D eigenvalue weighted by Gasteiger charge is -2.03. The summed E-state index contributed by atoms with van der Waals surface area (Å²) in [6.45, 7) is 3.66. The van der Waals surface area contributed by atoms with Crippen molar-refractivity contribution in [1.29, 1.82) is 0 Å². The van der Waals surface area contributed by atoms with Crippen LogP contribution in [-0.2, 0) is 6.42 Å². The Kier molecular flexibility index (Phi) is 2.73. The summed E-state index contributed by atoms with van der Waals surface area (Å²) < 4.78 is 5.09. The molecule has 0 aliphatic rings. The molecule has 0 heterocycles. The minimum absolute atomic E-state index is 0.812. The molecule has 0 aliphatic carbocycles. The quantitative estimate of drug-likeness (QED) is 0.596. The monoisotopic (exact) mass is 147 g/mol. The Hall–Kier alpha value is -1.24. The first-order valence-corrected chi connectivity index (χ1v) is 3.53. The van der Waals surface area contributed by atoms with Gasteiger partial charge in [0.2, 0.25) is 0 Å². The van der Waals surface area contributed by atoms with E-state index in [1.54, 1.807) is 7.11 Å². The third-order valence-corrected chi connectivity index (χ3v) is 1.47. The lowest BCUT2D eigenvalue weighted by molar-refractivity contribution is 0.410. The van der Waals surface area contributed by atoms with Crippen molar-refractivity contribution in [2.24, 2.45) is 0 Å². The molecule has 0 unspecified atom stereocenters. The lowest BCUT2D eigenvalue weighted by atomic mass is 10.1. The van der Waals surface area contributed by atoms with Crippen LogP contribution in [0.25, 0.3) is 0 Å². The van der Waals surface area contributed by atoms with Crippen molar-refractivity contribution in [1.82, 2.24) is 0 Å². The zero-order valence-electron chi connectivity index (χ0n) is 6.63. The number of benzene rings is 1. The highest BCUT2D eigenvalue weighted by atomic mass is 16.5. The van der Waals surface area contributed by atoms with Crippen molar-refractivity contribution in [3.05, 3.63) is 42.5 Å². The van der Waals surface area contributed by atoms with Crippen LogP contribution in [0.3, 0.4) is 0 Å². The van der Waals surface area contributed by atoms with Gasteiger partial charge in [0.25, 0.3) is 0 Å². The van der Waals surface area contributed by atoms with Gasteiger partial charge in [0, 0.05) is 6.07 Å². The first kappa shape index (κ1) is 7.86. The first-order chi connectivity index (χ1) is 5.38. The smallest absolute Gasteiger partial charge is 0.130 e. The number of methoxy groups -OCH3 is 1. The molecule has 1 aromatic carbocycles. The number of rotatable bonds is 3. The van der Waals surface area contributed by atoms with E-state index in [9.17, 15) is 0 Å². The van der Waals surface area contributed by atoms with E-state index in [0.29, 0.717) is 0 Å². The van der Waals surface area contributed by atoms with Crippen molar-refractivity contribution in [3.63, 3.8) is 0 Å². The van der Waals surface area contributed by atoms with E-state index in [1.807, 2.05) is 24.3 Å². The molecule has 0 atom stereocenters. The number of allylic oxidation sites excluding steroid dienone is 1. The van der Waals surface area contributed by atoms with Crippen LogP contribution in [0, 0.1) is 6.07 Å². The van der Waals surface area contributed by atoms with E-state index in [2.05, 4.69) is 12.6 Å². The van der Waals surface area contributed by atoms with Gasteiger partial charge >= 0.3 is 0 Å². The molecule has 0 spiro atoms. The van der Waals surface area contributed by atoms with Crippen molar-refractivity contribution < 1.29 is 4.74 Å². The molecular weight excluding hydrogens is 136 g/mol. The minimum Gasteiger partial charge on any atom is -0.496 e. The number of hydrogen-bond donors (Lipinski definition) is 0. The maximum absolute atomic E-state index is 5.09. The molecule has 1 rings (SSSR count). The third kappa shape index (κ3) is 1.84. The minimum atomic E-state index is 0.812. The zero-order valence-corrected chi connectivity index (χ0v) is 6.63. The molecule has 57 valence electrons. The van der Waals surface area contributed by atoms with Gasteiger partial charge in [-0.15, -0.1) is 6.58 Å². The Morgan fingerprint density at radius 2 is 2.55 bits per heavy atom. The fourth-order valence-electron chi connectivity index (χ4n) is 0.963. The van der Waals surface area contributed by atoms with Gasteiger partial charge < -0.3 is 4.74 Å². The molecule has 1 heteroatoms. The van der Waals surface area contributed by atoms with Crippen LogP contribution in [0.1, 0.15) is 5.56 Å². The highest BCUT2D eigenvalue weighted by Crippen LogP contribution is 2.16. The van der Waals surface area contributed by atoms with Crippen molar-refractivity contribution in [2.75, 3.05) is 7.11 Å². The molecule has 0 amide bonds. The van der Waals surface area contributed by atoms with Gasteiger partial charge in [-0.05, 0) is 12.0 Å². The normalized spacial score (nSPS) is 9.18. The summed E-state index contributed by atoms with van der Waals surface area (Å²) in [6.07, 6.45) is 2.69. The van der Waals surface area contributed by atoms with Crippen LogP contribution >= 0.6 is 0 Å². The summed E-state index contributed by atoms with van der Waals surface area (Å²) in [4.78, 5) is 0. The average Bonchev–Trinajstić information content (AvgIpc) is 2.06. The van der Waals surface area contributed by atoms with Crippen LogP contribution in [0.5, 0.6) is 5.75 Å². The van der Waals surface area contributed by atoms with Gasteiger partial charge in [0.05, 0.1) is 7.11 Å². The van der Waals surface area contributed by atoms with Crippen molar-refractivity contribution >= 4 is 0 Å². The second-order valence-electron chi connectivity index (χ2n) is 2.22. The Labute approximate surface area is 67.3 Å². The van der Waals surface area contributed by atoms with Gasteiger partial charge in [-0.25, -0.2) is 0 Å². The Balaban J connectivity index is 2.92. The van der Waals surface area contributed by atoms with E-state index in [0.717, 1.165) is 17.7 Å². The molecule has 1 radical (unpaired) electrons. The van der Waals surface area contributed by atoms with Crippen molar-refractivity contribution in [3.8, 4) is 5.75 Å². The number of para-hydroxylation sites is 1. The maximum atomic E-state index is 5.09. The molecule has 11 heavy (non-hydrogen) atoms. The lowest BCUT2D eigenvalue weighted by Crippen LogP contribution is -1.89. The Morgan fingerprint density at radius 3 is 3.18 bits per heavy atom. The topological polar surface area (TPSA) is 9.23 Å². The molecular formula is C10H11O. The highest BCUT2D eigenvalue weighted by molar-refractivity contribution is 5.33. The van der Waals surface area contributed by atoms with Gasteiger partial charge in [-0.2, -0.15) is 0 Å². The molecule has 0 aliphatic heterocycles. The molecule has 0 saturated carbocycles. The molecule has 1 nitrogen and oxygen atoms in total. The predicted molar refractivity (Wildman–Crippen MR) is 45.7 cm³/mol. The fourth-order valence-corrected chi connectivity index (χ4v) is 0.963. The zero-order chi connectivity index (χ0) is 8.10. The molecule has 0 aromatic heterocycles. The Bertz CT molecular complexity index is 240. The standard InChI is InChI=1S/C10H11O/c1-3-6-9-7-4-5-8-10(9)11-2/h3-5,7H,1,6H2,2H3. The summed E-state index contributed by atoms with van der Waals surface area (Å²) in [6, 6.07) is 8.80. The summed E-state index contributed by atoms with van der Waals surface area (Å²) in [7, 11) is 1.65. The fraction of sp³-hybridized carbons (Fsp3) is 0.200.